The maximum absolute atomic E-state index is 8.25. The summed E-state index contributed by atoms with van der Waals surface area (Å²) in [5.41, 5.74) is 0. The minimum atomic E-state index is -1.75. The monoisotopic (exact) mass is 318 g/mol. The Morgan fingerprint density at radius 3 is 0.800 bits per heavy atom. The van der Waals surface area contributed by atoms with Crippen molar-refractivity contribution in [1.29, 1.82) is 0 Å². The molecule has 0 fully saturated rings. The first-order valence-electron chi connectivity index (χ1n) is 0.548. The Balaban J connectivity index is -0.00000000300. The van der Waals surface area contributed by atoms with Gasteiger partial charge in [-0.05, 0) is 0 Å². The molecule has 0 aromatic heterocycles. The molecule has 0 aliphatic carbocycles. The molecule has 0 aliphatic rings. The average Bonchev–Trinajstić information content (AvgIpc) is 0.811. The summed E-state index contributed by atoms with van der Waals surface area (Å²) in [5, 5.41) is 14.8. The van der Waals surface area contributed by atoms with E-state index in [0.717, 1.165) is 0 Å². The third-order valence-electron chi connectivity index (χ3n) is 0. The van der Waals surface area contributed by atoms with Gasteiger partial charge in [-0.3, -0.25) is 0 Å². The first-order valence-corrected chi connectivity index (χ1v) is 0.548. The van der Waals surface area contributed by atoms with Gasteiger partial charge in [0.15, 0.2) is 0 Å². The van der Waals surface area contributed by atoms with Gasteiger partial charge in [0, 0.05) is 0 Å². The smallest absolute Gasteiger partial charge is 0.412 e. The minimum absolute atomic E-state index is 0. The van der Waals surface area contributed by atoms with Crippen LogP contribution in [0.2, 0.25) is 0 Å². The summed E-state index contributed by atoms with van der Waals surface area (Å²) in [6.07, 6.45) is 0. The van der Waals surface area contributed by atoms with Gasteiger partial charge < -0.3 is 42.7 Å². The Morgan fingerprint density at radius 2 is 0.800 bits per heavy atom. The van der Waals surface area contributed by atoms with Crippen LogP contribution in [-0.4, -0.2) is 32.5 Å². The van der Waals surface area contributed by atoms with Crippen molar-refractivity contribution >= 4 is 0 Å². The fourth-order valence-electron chi connectivity index (χ4n) is 0. The zero-order valence-corrected chi connectivity index (χ0v) is 6.31. The summed E-state index contributed by atoms with van der Waals surface area (Å²) < 4.78 is 0. The van der Waals surface area contributed by atoms with Crippen LogP contribution in [0.25, 0.3) is 0 Å². The van der Waals surface area contributed by atoms with Crippen LogP contribution in [0.1, 0.15) is 0 Å². The summed E-state index contributed by atoms with van der Waals surface area (Å²) in [7, 11) is 0. The third kappa shape index (κ3) is 7110. The zero-order valence-electron chi connectivity index (χ0n) is 4.46. The number of rotatable bonds is 0. The molecule has 0 heterocycles. The van der Waals surface area contributed by atoms with Crippen LogP contribution in [-0.2, 0) is 0 Å². The van der Waals surface area contributed by atoms with Crippen molar-refractivity contribution in [3.63, 3.8) is 0 Å². The van der Waals surface area contributed by atoms with E-state index >= 15 is 0 Å². The van der Waals surface area contributed by atoms with Crippen LogP contribution in [0.4, 0.5) is 0 Å². The third-order valence-corrected chi connectivity index (χ3v) is 0. The van der Waals surface area contributed by atoms with Crippen molar-refractivity contribution in [2.24, 2.45) is 0 Å². The van der Waals surface area contributed by atoms with Crippen molar-refractivity contribution < 1.29 is 69.8 Å². The molecule has 10 heteroatoms. The van der Waals surface area contributed by atoms with Gasteiger partial charge in [-0.15, -0.1) is 0 Å². The zero-order chi connectivity index (χ0) is 3.58. The first kappa shape index (κ1) is 83.1. The van der Waals surface area contributed by atoms with Gasteiger partial charge in [-0.25, -0.2) is 0 Å². The normalized spacial score (nSPS) is 2.40. The molecule has 9 nitrogen and oxygen atoms in total. The van der Waals surface area contributed by atoms with Gasteiger partial charge in [0.2, 0.25) is 0 Å². The second-order valence-corrected chi connectivity index (χ2v) is 0.224. The summed E-state index contributed by atoms with van der Waals surface area (Å²) in [6, 6.07) is 0. The molecule has 10 heavy (non-hydrogen) atoms. The molecule has 0 amide bonds. The molecule has 0 atom stereocenters. The van der Waals surface area contributed by atoms with Crippen molar-refractivity contribution in [3.8, 4) is 0 Å². The largest absolute Gasteiger partial charge is 3.00 e. The Labute approximate surface area is 84.9 Å². The van der Waals surface area contributed by atoms with Crippen molar-refractivity contribution in [1.82, 2.24) is 0 Å². The van der Waals surface area contributed by atoms with E-state index in [9.17, 15) is 0 Å². The first-order chi connectivity index (χ1) is 1.73. The van der Waals surface area contributed by atoms with Crippen LogP contribution < -0.4 is 0 Å². The molecule has 0 spiro atoms. The van der Waals surface area contributed by atoms with Gasteiger partial charge in [-0.1, -0.05) is 0 Å². The summed E-state index contributed by atoms with van der Waals surface area (Å²) in [5.74, 6) is 0. The van der Waals surface area contributed by atoms with Gasteiger partial charge in [0.25, 0.3) is 0 Å². The van der Waals surface area contributed by atoms with E-state index < -0.39 is 5.09 Å². The van der Waals surface area contributed by atoms with E-state index in [4.69, 9.17) is 15.3 Å². The Kier molecular flexibility index (Phi) is 496. The molecule has 0 aromatic carbocycles. The molecule has 10 N–H and O–H groups in total. The van der Waals surface area contributed by atoms with Crippen LogP contribution in [0.15, 0.2) is 0 Å². The summed E-state index contributed by atoms with van der Waals surface area (Å²) >= 11 is 0. The van der Waals surface area contributed by atoms with E-state index in [2.05, 4.69) is 0 Å². The maximum atomic E-state index is 8.25. The molecule has 0 aromatic rings. The van der Waals surface area contributed by atoms with E-state index in [1.54, 1.807) is 0 Å². The second-order valence-electron chi connectivity index (χ2n) is 0.224. The minimum Gasteiger partial charge on any atom is -0.412 e. The van der Waals surface area contributed by atoms with Gasteiger partial charge in [0.1, 0.15) is 0 Å². The molecule has 0 unspecified atom stereocenters. The molecule has 0 saturated carbocycles. The topological polar surface area (TPSA) is 224 Å². The second kappa shape index (κ2) is 59.7. The quantitative estimate of drug-likeness (QED) is 0.319. The summed E-state index contributed by atoms with van der Waals surface area (Å²) in [4.78, 5) is 8.25. The molecular formula is H10ErNO8+2. The molecule has 1 radical (unpaired) electrons. The van der Waals surface area contributed by atoms with Gasteiger partial charge in [-0.2, -0.15) is 0 Å². The SMILES string of the molecule is O.O.O.O.O.O=[N+]([O-])[O-].[Er+3]. The fourth-order valence-corrected chi connectivity index (χ4v) is 0. The predicted octanol–water partition coefficient (Wildman–Crippen LogP) is -4.36. The predicted molar refractivity (Wildman–Crippen MR) is 28.4 cm³/mol. The Morgan fingerprint density at radius 1 is 0.800 bits per heavy atom. The van der Waals surface area contributed by atoms with Crippen molar-refractivity contribution in [2.45, 2.75) is 0 Å². The van der Waals surface area contributed by atoms with E-state index in [-0.39, 0.29) is 64.7 Å². The Hall–Kier alpha value is 0.247. The Bertz CT molecular complexity index is 32.2. The maximum Gasteiger partial charge on any atom is 3.00 e. The van der Waals surface area contributed by atoms with Crippen molar-refractivity contribution in [2.75, 3.05) is 0 Å². The van der Waals surface area contributed by atoms with Crippen LogP contribution in [0.5, 0.6) is 0 Å². The number of nitrogens with zero attached hydrogens (tertiary/aromatic N) is 1. The summed E-state index contributed by atoms with van der Waals surface area (Å²) in [6.45, 7) is 0. The van der Waals surface area contributed by atoms with E-state index in [1.165, 1.54) is 0 Å². The molecule has 0 bridgehead atoms. The number of hydrogen-bond acceptors (Lipinski definition) is 3. The van der Waals surface area contributed by atoms with E-state index in [0.29, 0.717) is 0 Å². The fraction of sp³-hybridized carbons (Fsp3) is 0. The molecule has 0 rings (SSSR count). The molecule has 73 valence electrons. The molecule has 0 aliphatic heterocycles. The van der Waals surface area contributed by atoms with Gasteiger partial charge >= 0.3 is 37.3 Å². The molecule has 0 saturated heterocycles. The molecular weight excluding hydrogens is 309 g/mol. The van der Waals surface area contributed by atoms with Crippen LogP contribution >= 0.6 is 0 Å². The van der Waals surface area contributed by atoms with Crippen LogP contribution in [0, 0.1) is 52.6 Å². The number of hydrogen-bond donors (Lipinski definition) is 0. The van der Waals surface area contributed by atoms with Gasteiger partial charge in [0.05, 0.1) is 5.09 Å². The van der Waals surface area contributed by atoms with E-state index in [1.807, 2.05) is 0 Å². The standard InChI is InChI=1S/Er.NO3.5H2O/c;2-1(3)4;;;;;/h;;5*1H2/q+3;-1;;;;;. The van der Waals surface area contributed by atoms with Crippen molar-refractivity contribution in [3.05, 3.63) is 15.3 Å². The van der Waals surface area contributed by atoms with Crippen LogP contribution in [0.3, 0.4) is 0 Å². The average molecular weight is 319 g/mol.